The maximum absolute atomic E-state index is 11.1. The molecule has 0 saturated carbocycles. The van der Waals surface area contributed by atoms with Crippen molar-refractivity contribution in [3.63, 3.8) is 0 Å². The second kappa shape index (κ2) is 6.55. The molecule has 0 aliphatic carbocycles. The van der Waals surface area contributed by atoms with E-state index < -0.39 is 30.6 Å². The first-order valence-electron chi connectivity index (χ1n) is 5.33. The second-order valence-electron chi connectivity index (χ2n) is 3.81. The number of nitrogens with two attached hydrogens (primary N) is 1. The molecule has 7 nitrogen and oxygen atoms in total. The average molecular weight is 246 g/mol. The molecule has 1 saturated heterocycles. The lowest BCUT2D eigenvalue weighted by Gasteiger charge is -2.34. The van der Waals surface area contributed by atoms with E-state index in [1.165, 1.54) is 6.08 Å². The van der Waals surface area contributed by atoms with Gasteiger partial charge in [0.05, 0.1) is 6.10 Å². The van der Waals surface area contributed by atoms with Crippen molar-refractivity contribution in [3.8, 4) is 0 Å². The lowest BCUT2D eigenvalue weighted by molar-refractivity contribution is -0.219. The fourth-order valence-corrected chi connectivity index (χ4v) is 1.50. The Morgan fingerprint density at radius 2 is 2.35 bits per heavy atom. The zero-order valence-electron chi connectivity index (χ0n) is 9.41. The zero-order valence-corrected chi connectivity index (χ0v) is 9.41. The van der Waals surface area contributed by atoms with Crippen molar-refractivity contribution in [1.82, 2.24) is 5.32 Å². The highest BCUT2D eigenvalue weighted by Gasteiger charge is 2.34. The van der Waals surface area contributed by atoms with Crippen LogP contribution in [-0.2, 0) is 9.47 Å². The minimum Gasteiger partial charge on any atom is -0.445 e. The van der Waals surface area contributed by atoms with Gasteiger partial charge >= 0.3 is 6.09 Å². The molecule has 1 aliphatic rings. The highest BCUT2D eigenvalue weighted by Crippen LogP contribution is 2.16. The minimum absolute atomic E-state index is 0.123. The number of nitrogens with one attached hydrogen (secondary N) is 1. The first-order chi connectivity index (χ1) is 8.04. The van der Waals surface area contributed by atoms with Gasteiger partial charge in [-0.25, -0.2) is 4.79 Å². The van der Waals surface area contributed by atoms with Gasteiger partial charge in [-0.05, 0) is 6.42 Å². The Labute approximate surface area is 99.2 Å². The van der Waals surface area contributed by atoms with Crippen LogP contribution in [0.5, 0.6) is 0 Å². The number of amides is 1. The van der Waals surface area contributed by atoms with Crippen molar-refractivity contribution in [2.75, 3.05) is 13.2 Å². The van der Waals surface area contributed by atoms with Gasteiger partial charge in [-0.3, -0.25) is 0 Å². The summed E-state index contributed by atoms with van der Waals surface area (Å²) in [6.07, 6.45) is -1.66. The summed E-state index contributed by atoms with van der Waals surface area (Å²) >= 11 is 0. The predicted molar refractivity (Wildman–Crippen MR) is 59.0 cm³/mol. The van der Waals surface area contributed by atoms with Gasteiger partial charge in [-0.15, -0.1) is 0 Å². The molecular formula is C10H18N2O5. The van der Waals surface area contributed by atoms with E-state index in [1.807, 2.05) is 0 Å². The number of alkyl carbamates (subject to hydrolysis) is 1. The van der Waals surface area contributed by atoms with Crippen molar-refractivity contribution in [3.05, 3.63) is 12.7 Å². The summed E-state index contributed by atoms with van der Waals surface area (Å²) in [5.41, 5.74) is 5.60. The highest BCUT2D eigenvalue weighted by atomic mass is 16.6. The van der Waals surface area contributed by atoms with Gasteiger partial charge < -0.3 is 30.7 Å². The molecule has 1 heterocycles. The van der Waals surface area contributed by atoms with Crippen molar-refractivity contribution in [2.45, 2.75) is 31.0 Å². The number of rotatable bonds is 4. The maximum atomic E-state index is 11.1. The van der Waals surface area contributed by atoms with Gasteiger partial charge in [-0.2, -0.15) is 0 Å². The van der Waals surface area contributed by atoms with Gasteiger partial charge in [0.25, 0.3) is 0 Å². The number of ether oxygens (including phenoxy) is 2. The molecule has 7 heteroatoms. The van der Waals surface area contributed by atoms with E-state index in [-0.39, 0.29) is 13.2 Å². The summed E-state index contributed by atoms with van der Waals surface area (Å²) in [5, 5.41) is 21.1. The van der Waals surface area contributed by atoms with Gasteiger partial charge in [0.15, 0.2) is 6.29 Å². The van der Waals surface area contributed by atoms with Crippen LogP contribution in [0.15, 0.2) is 12.7 Å². The Kier molecular flexibility index (Phi) is 5.36. The van der Waals surface area contributed by atoms with Crippen LogP contribution in [0.1, 0.15) is 6.42 Å². The van der Waals surface area contributed by atoms with Crippen LogP contribution in [0.2, 0.25) is 0 Å². The Hall–Kier alpha value is -1.15. The van der Waals surface area contributed by atoms with E-state index >= 15 is 0 Å². The molecule has 0 bridgehead atoms. The molecule has 98 valence electrons. The molecule has 1 aliphatic heterocycles. The van der Waals surface area contributed by atoms with E-state index in [9.17, 15) is 15.0 Å². The second-order valence-corrected chi connectivity index (χ2v) is 3.81. The molecule has 0 aromatic rings. The third kappa shape index (κ3) is 4.31. The molecule has 5 N–H and O–H groups in total. The normalized spacial score (nSPS) is 32.9. The third-order valence-corrected chi connectivity index (χ3v) is 2.40. The predicted octanol–water partition coefficient (Wildman–Crippen LogP) is -1.31. The lowest BCUT2D eigenvalue weighted by Crippen LogP contribution is -2.54. The Morgan fingerprint density at radius 1 is 1.65 bits per heavy atom. The number of carbonyl (C=O) groups excluding carboxylic acids is 1. The fraction of sp³-hybridized carbons (Fsp3) is 0.700. The van der Waals surface area contributed by atoms with Gasteiger partial charge in [0.1, 0.15) is 12.7 Å². The van der Waals surface area contributed by atoms with E-state index in [2.05, 4.69) is 11.9 Å². The summed E-state index contributed by atoms with van der Waals surface area (Å²) in [4.78, 5) is 11.1. The lowest BCUT2D eigenvalue weighted by atomic mass is 10.0. The molecular weight excluding hydrogens is 228 g/mol. The monoisotopic (exact) mass is 246 g/mol. The molecule has 2 unspecified atom stereocenters. The fourth-order valence-electron chi connectivity index (χ4n) is 1.50. The molecule has 1 rings (SSSR count). The molecule has 1 fully saturated rings. The van der Waals surface area contributed by atoms with Crippen LogP contribution >= 0.6 is 0 Å². The molecule has 0 radical (unpaired) electrons. The number of aliphatic hydroxyl groups excluding tert-OH is 2. The minimum atomic E-state index is -1.32. The van der Waals surface area contributed by atoms with Crippen LogP contribution in [0.3, 0.4) is 0 Å². The summed E-state index contributed by atoms with van der Waals surface area (Å²) < 4.78 is 9.75. The average Bonchev–Trinajstić information content (AvgIpc) is 2.30. The van der Waals surface area contributed by atoms with Crippen LogP contribution in [0, 0.1) is 0 Å². The topological polar surface area (TPSA) is 114 Å². The van der Waals surface area contributed by atoms with E-state index in [0.717, 1.165) is 0 Å². The Bertz CT molecular complexity index is 261. The van der Waals surface area contributed by atoms with Crippen LogP contribution in [0.25, 0.3) is 0 Å². The van der Waals surface area contributed by atoms with Crippen molar-refractivity contribution < 1.29 is 24.5 Å². The van der Waals surface area contributed by atoms with E-state index in [0.29, 0.717) is 6.42 Å². The summed E-state index contributed by atoms with van der Waals surface area (Å²) in [6, 6.07) is -0.574. The first-order valence-corrected chi connectivity index (χ1v) is 5.33. The summed E-state index contributed by atoms with van der Waals surface area (Å²) in [6.45, 7) is 3.69. The van der Waals surface area contributed by atoms with Crippen LogP contribution in [0.4, 0.5) is 4.79 Å². The standard InChI is InChI=1S/C10H18N2O5/c1-2-3-16-10(15)12-5-6-4-7(11)8(13)9(14)17-6/h2,6-9,13-14H,1,3-5,11H2,(H,12,15)/t6-,7?,8?,9+/m0/s1. The number of carbonyl (C=O) groups is 1. The number of aliphatic hydroxyl groups is 2. The number of hydrogen-bond donors (Lipinski definition) is 4. The first kappa shape index (κ1) is 13.9. The molecule has 17 heavy (non-hydrogen) atoms. The quantitative estimate of drug-likeness (QED) is 0.458. The van der Waals surface area contributed by atoms with Crippen molar-refractivity contribution in [1.29, 1.82) is 0 Å². The van der Waals surface area contributed by atoms with Gasteiger partial charge in [0.2, 0.25) is 0 Å². The zero-order chi connectivity index (χ0) is 12.8. The smallest absolute Gasteiger partial charge is 0.407 e. The summed E-state index contributed by atoms with van der Waals surface area (Å²) in [5.74, 6) is 0. The van der Waals surface area contributed by atoms with Crippen LogP contribution < -0.4 is 11.1 Å². The SMILES string of the molecule is C=CCOC(=O)NC[C@@H]1CC(N)C(O)[C@H](O)O1. The summed E-state index contributed by atoms with van der Waals surface area (Å²) in [7, 11) is 0. The third-order valence-electron chi connectivity index (χ3n) is 2.40. The molecule has 0 aromatic heterocycles. The Morgan fingerprint density at radius 3 is 2.94 bits per heavy atom. The number of hydrogen-bond acceptors (Lipinski definition) is 6. The molecule has 1 amide bonds. The van der Waals surface area contributed by atoms with Gasteiger partial charge in [-0.1, -0.05) is 12.7 Å². The molecule has 4 atom stereocenters. The van der Waals surface area contributed by atoms with Crippen molar-refractivity contribution >= 4 is 6.09 Å². The molecule has 0 spiro atoms. The Balaban J connectivity index is 2.28. The molecule has 0 aromatic carbocycles. The highest BCUT2D eigenvalue weighted by molar-refractivity contribution is 5.67. The van der Waals surface area contributed by atoms with Crippen molar-refractivity contribution in [2.24, 2.45) is 5.73 Å². The van der Waals surface area contributed by atoms with E-state index in [1.54, 1.807) is 0 Å². The maximum Gasteiger partial charge on any atom is 0.407 e. The van der Waals surface area contributed by atoms with Crippen LogP contribution in [-0.4, -0.2) is 54.0 Å². The van der Waals surface area contributed by atoms with Gasteiger partial charge in [0, 0.05) is 12.6 Å². The largest absolute Gasteiger partial charge is 0.445 e. The van der Waals surface area contributed by atoms with E-state index in [4.69, 9.17) is 15.2 Å².